The minimum Gasteiger partial charge on any atom is -0.348 e. The van der Waals surface area contributed by atoms with Crippen LogP contribution in [0.15, 0.2) is 6.20 Å². The van der Waals surface area contributed by atoms with E-state index in [9.17, 15) is 4.79 Å². The number of aryl methyl sites for hydroxylation is 1. The van der Waals surface area contributed by atoms with Crippen LogP contribution in [-0.2, 0) is 4.79 Å². The van der Waals surface area contributed by atoms with Crippen molar-refractivity contribution in [2.24, 2.45) is 5.41 Å². The topological polar surface area (TPSA) is 36.4 Å². The third-order valence-corrected chi connectivity index (χ3v) is 4.83. The second kappa shape index (κ2) is 5.72. The maximum Gasteiger partial charge on any atom is 0.227 e. The van der Waals surface area contributed by atoms with Crippen LogP contribution in [-0.4, -0.2) is 42.0 Å². The number of hydrogen-bond donors (Lipinski definition) is 0. The van der Waals surface area contributed by atoms with Crippen LogP contribution in [0.1, 0.15) is 38.5 Å². The third-order valence-electron chi connectivity index (χ3n) is 3.85. The molecule has 0 bridgehead atoms. The van der Waals surface area contributed by atoms with Gasteiger partial charge < -0.3 is 9.80 Å². The van der Waals surface area contributed by atoms with Gasteiger partial charge in [-0.25, -0.2) is 4.98 Å². The van der Waals surface area contributed by atoms with Crippen molar-refractivity contribution in [2.75, 3.05) is 25.0 Å². The molecule has 0 N–H and O–H groups in total. The van der Waals surface area contributed by atoms with E-state index < -0.39 is 0 Å². The number of thiazole rings is 1. The molecular weight excluding hydrogens is 270 g/mol. The molecule has 4 nitrogen and oxygen atoms in total. The van der Waals surface area contributed by atoms with Crippen LogP contribution >= 0.6 is 11.3 Å². The van der Waals surface area contributed by atoms with E-state index >= 15 is 0 Å². The maximum atomic E-state index is 12.3. The fraction of sp³-hybridized carbons (Fsp3) is 0.733. The number of piperidine rings is 1. The number of anilines is 1. The quantitative estimate of drug-likeness (QED) is 0.841. The highest BCUT2D eigenvalue weighted by atomic mass is 32.1. The van der Waals surface area contributed by atoms with Crippen LogP contribution in [0.4, 0.5) is 5.13 Å². The van der Waals surface area contributed by atoms with Crippen molar-refractivity contribution >= 4 is 22.4 Å². The summed E-state index contributed by atoms with van der Waals surface area (Å²) in [4.78, 5) is 22.3. The second-order valence-electron chi connectivity index (χ2n) is 6.64. The molecule has 0 saturated carbocycles. The van der Waals surface area contributed by atoms with Crippen LogP contribution in [0.2, 0.25) is 0 Å². The molecule has 0 spiro atoms. The number of nitrogens with zero attached hydrogens (tertiary/aromatic N) is 3. The Labute approximate surface area is 125 Å². The molecule has 0 unspecified atom stereocenters. The molecule has 1 aliphatic heterocycles. The summed E-state index contributed by atoms with van der Waals surface area (Å²) in [7, 11) is 1.95. The summed E-state index contributed by atoms with van der Waals surface area (Å²) in [6, 6.07) is 0.360. The largest absolute Gasteiger partial charge is 0.348 e. The molecule has 2 rings (SSSR count). The van der Waals surface area contributed by atoms with Gasteiger partial charge in [0.15, 0.2) is 5.13 Å². The van der Waals surface area contributed by atoms with E-state index in [4.69, 9.17) is 0 Å². The first-order valence-corrected chi connectivity index (χ1v) is 8.05. The molecule has 1 aliphatic rings. The number of hydrogen-bond acceptors (Lipinski definition) is 4. The van der Waals surface area contributed by atoms with E-state index in [0.29, 0.717) is 6.04 Å². The highest BCUT2D eigenvalue weighted by Gasteiger charge is 2.31. The summed E-state index contributed by atoms with van der Waals surface area (Å²) < 4.78 is 0. The Balaban J connectivity index is 1.93. The standard InChI is InChI=1S/C15H25N3OS/c1-11-10-16-14(20-11)18-8-6-12(7-9-18)17(5)13(19)15(2,3)4/h10,12H,6-9H2,1-5H3. The van der Waals surface area contributed by atoms with Gasteiger partial charge in [-0.2, -0.15) is 0 Å². The lowest BCUT2D eigenvalue weighted by atomic mass is 9.93. The van der Waals surface area contributed by atoms with E-state index in [1.54, 1.807) is 11.3 Å². The van der Waals surface area contributed by atoms with Crippen molar-refractivity contribution in [1.29, 1.82) is 0 Å². The van der Waals surface area contributed by atoms with E-state index in [-0.39, 0.29) is 11.3 Å². The molecule has 5 heteroatoms. The normalized spacial score (nSPS) is 17.4. The molecule has 0 aliphatic carbocycles. The van der Waals surface area contributed by atoms with Crippen LogP contribution in [0.3, 0.4) is 0 Å². The van der Waals surface area contributed by atoms with Crippen molar-refractivity contribution in [2.45, 2.75) is 46.6 Å². The Morgan fingerprint density at radius 2 is 2.00 bits per heavy atom. The zero-order valence-electron chi connectivity index (χ0n) is 13.1. The fourth-order valence-corrected chi connectivity index (χ4v) is 3.44. The first kappa shape index (κ1) is 15.3. The van der Waals surface area contributed by atoms with E-state index in [1.165, 1.54) is 4.88 Å². The van der Waals surface area contributed by atoms with Gasteiger partial charge in [0.05, 0.1) is 0 Å². The minimum absolute atomic E-state index is 0.237. The van der Waals surface area contributed by atoms with Gasteiger partial charge >= 0.3 is 0 Å². The summed E-state index contributed by atoms with van der Waals surface area (Å²) in [5, 5.41) is 1.12. The number of amides is 1. The Bertz CT molecular complexity index is 470. The highest BCUT2D eigenvalue weighted by Crippen LogP contribution is 2.27. The van der Waals surface area contributed by atoms with Gasteiger partial charge in [0.25, 0.3) is 0 Å². The van der Waals surface area contributed by atoms with Gasteiger partial charge in [0.2, 0.25) is 5.91 Å². The average Bonchev–Trinajstić information content (AvgIpc) is 2.83. The molecule has 112 valence electrons. The maximum absolute atomic E-state index is 12.3. The molecule has 1 saturated heterocycles. The van der Waals surface area contributed by atoms with Gasteiger partial charge in [-0.1, -0.05) is 20.8 Å². The smallest absolute Gasteiger partial charge is 0.227 e. The molecule has 1 fully saturated rings. The lowest BCUT2D eigenvalue weighted by Crippen LogP contribution is -2.48. The number of aromatic nitrogens is 1. The van der Waals surface area contributed by atoms with Gasteiger partial charge in [-0.15, -0.1) is 11.3 Å². The van der Waals surface area contributed by atoms with Crippen molar-refractivity contribution in [1.82, 2.24) is 9.88 Å². The van der Waals surface area contributed by atoms with E-state index in [2.05, 4.69) is 16.8 Å². The molecule has 1 amide bonds. The Kier molecular flexibility index (Phi) is 4.37. The van der Waals surface area contributed by atoms with Gasteiger partial charge in [0.1, 0.15) is 0 Å². The predicted octanol–water partition coefficient (Wildman–Crippen LogP) is 2.92. The zero-order chi connectivity index (χ0) is 14.9. The van der Waals surface area contributed by atoms with Gasteiger partial charge in [-0.05, 0) is 19.8 Å². The van der Waals surface area contributed by atoms with Gasteiger partial charge in [0, 0.05) is 42.7 Å². The Morgan fingerprint density at radius 3 is 2.45 bits per heavy atom. The van der Waals surface area contributed by atoms with Crippen molar-refractivity contribution < 1.29 is 4.79 Å². The molecule has 1 aromatic heterocycles. The fourth-order valence-electron chi connectivity index (χ4n) is 2.63. The van der Waals surface area contributed by atoms with Crippen LogP contribution in [0.25, 0.3) is 0 Å². The summed E-state index contributed by atoms with van der Waals surface area (Å²) in [5.41, 5.74) is -0.293. The summed E-state index contributed by atoms with van der Waals surface area (Å²) in [5.74, 6) is 0.237. The summed E-state index contributed by atoms with van der Waals surface area (Å²) in [6.45, 7) is 10.0. The molecule has 0 radical (unpaired) electrons. The van der Waals surface area contributed by atoms with E-state index in [1.807, 2.05) is 38.9 Å². The Morgan fingerprint density at radius 1 is 1.40 bits per heavy atom. The number of carbonyl (C=O) groups excluding carboxylic acids is 1. The summed E-state index contributed by atoms with van der Waals surface area (Å²) in [6.07, 6.45) is 3.98. The predicted molar refractivity (Wildman–Crippen MR) is 84.3 cm³/mol. The molecule has 2 heterocycles. The van der Waals surface area contributed by atoms with Crippen molar-refractivity contribution in [3.05, 3.63) is 11.1 Å². The SMILES string of the molecule is Cc1cnc(N2CCC(N(C)C(=O)C(C)(C)C)CC2)s1. The first-order valence-electron chi connectivity index (χ1n) is 7.23. The highest BCUT2D eigenvalue weighted by molar-refractivity contribution is 7.15. The lowest BCUT2D eigenvalue weighted by molar-refractivity contribution is -0.140. The molecule has 1 aromatic rings. The number of rotatable bonds is 2. The number of carbonyl (C=O) groups is 1. The second-order valence-corrected chi connectivity index (χ2v) is 7.85. The first-order chi connectivity index (χ1) is 9.29. The zero-order valence-corrected chi connectivity index (χ0v) is 14.0. The lowest BCUT2D eigenvalue weighted by Gasteiger charge is -2.38. The Hall–Kier alpha value is -1.10. The van der Waals surface area contributed by atoms with Crippen LogP contribution in [0.5, 0.6) is 0 Å². The monoisotopic (exact) mass is 295 g/mol. The molecule has 0 atom stereocenters. The molecular formula is C15H25N3OS. The van der Waals surface area contributed by atoms with Crippen LogP contribution < -0.4 is 4.90 Å². The summed E-state index contributed by atoms with van der Waals surface area (Å²) >= 11 is 1.75. The third kappa shape index (κ3) is 3.32. The molecule has 20 heavy (non-hydrogen) atoms. The minimum atomic E-state index is -0.293. The van der Waals surface area contributed by atoms with Gasteiger partial charge in [-0.3, -0.25) is 4.79 Å². The van der Waals surface area contributed by atoms with Crippen LogP contribution in [0, 0.1) is 12.3 Å². The van der Waals surface area contributed by atoms with E-state index in [0.717, 1.165) is 31.1 Å². The van der Waals surface area contributed by atoms with Crippen molar-refractivity contribution in [3.8, 4) is 0 Å². The molecule has 0 aromatic carbocycles. The average molecular weight is 295 g/mol. The van der Waals surface area contributed by atoms with Crippen molar-refractivity contribution in [3.63, 3.8) is 0 Å².